The van der Waals surface area contributed by atoms with E-state index in [1.165, 1.54) is 80.9 Å². The Kier molecular flexibility index (Phi) is 18.1. The molecule has 0 atom stereocenters. The van der Waals surface area contributed by atoms with E-state index >= 15 is 0 Å². The van der Waals surface area contributed by atoms with Crippen LogP contribution in [0.15, 0.2) is 71.4 Å². The van der Waals surface area contributed by atoms with Crippen LogP contribution in [0.4, 0.5) is 0 Å². The maximum absolute atomic E-state index is 2.41. The van der Waals surface area contributed by atoms with Crippen LogP contribution in [-0.2, 0) is 0 Å². The van der Waals surface area contributed by atoms with Gasteiger partial charge in [0.2, 0.25) is 0 Å². The highest BCUT2D eigenvalue weighted by molar-refractivity contribution is 5.02. The van der Waals surface area contributed by atoms with Gasteiger partial charge in [-0.25, -0.2) is 0 Å². The van der Waals surface area contributed by atoms with E-state index in [0.29, 0.717) is 0 Å². The van der Waals surface area contributed by atoms with Crippen molar-refractivity contribution in [2.75, 3.05) is 0 Å². The van der Waals surface area contributed by atoms with E-state index in [9.17, 15) is 0 Å². The van der Waals surface area contributed by atoms with E-state index in [1.807, 2.05) is 0 Å². The van der Waals surface area contributed by atoms with Crippen molar-refractivity contribution in [2.24, 2.45) is 0 Å². The Hall–Kier alpha value is -1.56. The smallest absolute Gasteiger partial charge is 0.0288 e. The largest absolute Gasteiger partial charge is 0.0882 e. The topological polar surface area (TPSA) is 0 Å². The van der Waals surface area contributed by atoms with Gasteiger partial charge in [0.25, 0.3) is 0 Å². The lowest BCUT2D eigenvalue weighted by atomic mass is 10.1. The highest BCUT2D eigenvalue weighted by atomic mass is 13.9. The van der Waals surface area contributed by atoms with Crippen LogP contribution in [0.1, 0.15) is 98.8 Å². The summed E-state index contributed by atoms with van der Waals surface area (Å²) in [6, 6.07) is 0. The molecule has 0 spiro atoms. The van der Waals surface area contributed by atoms with E-state index in [4.69, 9.17) is 0 Å². The van der Waals surface area contributed by atoms with E-state index in [0.717, 1.165) is 0 Å². The minimum absolute atomic E-state index is 1.17. The van der Waals surface area contributed by atoms with Gasteiger partial charge in [-0.2, -0.15) is 0 Å². The molecule has 0 nitrogen and oxygen atoms in total. The molecule has 0 heteroatoms. The van der Waals surface area contributed by atoms with Crippen molar-refractivity contribution in [2.45, 2.75) is 98.8 Å². The van der Waals surface area contributed by atoms with Gasteiger partial charge in [-0.3, -0.25) is 0 Å². The Labute approximate surface area is 170 Å². The third-order valence-corrected chi connectivity index (χ3v) is 4.30. The molecule has 0 aromatic heterocycles. The zero-order valence-electron chi connectivity index (χ0n) is 18.8. The Bertz CT molecular complexity index is 512. The number of rotatable bonds is 15. The van der Waals surface area contributed by atoms with Crippen LogP contribution in [0.5, 0.6) is 0 Å². The van der Waals surface area contributed by atoms with E-state index in [-0.39, 0.29) is 0 Å². The maximum atomic E-state index is 2.41. The average Bonchev–Trinajstić information content (AvgIpc) is 2.61. The van der Waals surface area contributed by atoms with Crippen molar-refractivity contribution < 1.29 is 0 Å². The molecule has 152 valence electrons. The van der Waals surface area contributed by atoms with Gasteiger partial charge >= 0.3 is 0 Å². The zero-order valence-corrected chi connectivity index (χ0v) is 18.8. The first-order chi connectivity index (χ1) is 13.0. The Morgan fingerprint density at radius 3 is 1.15 bits per heavy atom. The van der Waals surface area contributed by atoms with Crippen molar-refractivity contribution in [3.63, 3.8) is 0 Å². The molecule has 0 aliphatic carbocycles. The number of hydrogen-bond acceptors (Lipinski definition) is 0. The Balaban J connectivity index is 3.61. The summed E-state index contributed by atoms with van der Waals surface area (Å²) in [4.78, 5) is 0. The third kappa shape index (κ3) is 22.4. The second kappa shape index (κ2) is 19.2. The van der Waals surface area contributed by atoms with Crippen LogP contribution < -0.4 is 0 Å². The van der Waals surface area contributed by atoms with Crippen molar-refractivity contribution in [1.29, 1.82) is 0 Å². The second-order valence-electron chi connectivity index (χ2n) is 7.88. The zero-order chi connectivity index (χ0) is 20.2. The summed E-state index contributed by atoms with van der Waals surface area (Å²) < 4.78 is 0. The monoisotopic (exact) mass is 368 g/mol. The number of allylic oxidation sites excluding steroid dienone is 12. The summed E-state index contributed by atoms with van der Waals surface area (Å²) in [7, 11) is 0. The molecule has 0 saturated heterocycles. The first-order valence-electron chi connectivity index (χ1n) is 10.9. The van der Waals surface area contributed by atoms with Gasteiger partial charge in [0.1, 0.15) is 0 Å². The lowest BCUT2D eigenvalue weighted by Crippen LogP contribution is -1.77. The highest BCUT2D eigenvalue weighted by Crippen LogP contribution is 2.09. The molecule has 0 radical (unpaired) electrons. The maximum Gasteiger partial charge on any atom is -0.0288 e. The minimum Gasteiger partial charge on any atom is -0.0882 e. The third-order valence-electron chi connectivity index (χ3n) is 4.30. The normalized spacial score (nSPS) is 12.4. The number of hydrogen-bond donors (Lipinski definition) is 0. The summed E-state index contributed by atoms with van der Waals surface area (Å²) in [6.45, 7) is 10.9. The first-order valence-corrected chi connectivity index (χ1v) is 10.9. The lowest BCUT2D eigenvalue weighted by Gasteiger charge is -1.98. The molecule has 0 unspecified atom stereocenters. The predicted molar refractivity (Wildman–Crippen MR) is 126 cm³/mol. The standard InChI is InChI=1S/C27H44/c1-25(2)21-17-13-10-8-6-7-9-11-15-19-23-27(5)24-20-16-12-14-18-22-26(3)4/h8-12,16,21-23H,6-7,13-15,17-20,24H2,1-5H3/b10-8-,11-9+,16-12-,27-23-. The Morgan fingerprint density at radius 2 is 0.741 bits per heavy atom. The average molecular weight is 369 g/mol. The van der Waals surface area contributed by atoms with Crippen LogP contribution in [0.25, 0.3) is 0 Å². The molecule has 0 aromatic rings. The minimum atomic E-state index is 1.17. The van der Waals surface area contributed by atoms with Gasteiger partial charge in [-0.05, 0) is 98.8 Å². The van der Waals surface area contributed by atoms with Crippen LogP contribution in [0.3, 0.4) is 0 Å². The van der Waals surface area contributed by atoms with E-state index in [1.54, 1.807) is 0 Å². The molecule has 0 saturated carbocycles. The second-order valence-corrected chi connectivity index (χ2v) is 7.88. The molecule has 27 heavy (non-hydrogen) atoms. The van der Waals surface area contributed by atoms with Crippen LogP contribution >= 0.6 is 0 Å². The molecular formula is C27H44. The Morgan fingerprint density at radius 1 is 0.407 bits per heavy atom. The van der Waals surface area contributed by atoms with Crippen LogP contribution in [-0.4, -0.2) is 0 Å². The fraction of sp³-hybridized carbons (Fsp3) is 0.556. The molecule has 0 heterocycles. The van der Waals surface area contributed by atoms with E-state index in [2.05, 4.69) is 89.3 Å². The van der Waals surface area contributed by atoms with Gasteiger partial charge < -0.3 is 0 Å². The van der Waals surface area contributed by atoms with Gasteiger partial charge in [-0.15, -0.1) is 0 Å². The SMILES string of the molecule is CC(C)=CCC/C=C\CC/C=C/CC/C=C(/C)CC/C=C\CCC=C(C)C. The molecule has 0 aliphatic rings. The molecule has 0 rings (SSSR count). The van der Waals surface area contributed by atoms with Gasteiger partial charge in [0.15, 0.2) is 0 Å². The molecule has 0 bridgehead atoms. The van der Waals surface area contributed by atoms with Gasteiger partial charge in [-0.1, -0.05) is 71.4 Å². The van der Waals surface area contributed by atoms with Gasteiger partial charge in [0.05, 0.1) is 0 Å². The van der Waals surface area contributed by atoms with Crippen LogP contribution in [0, 0.1) is 0 Å². The van der Waals surface area contributed by atoms with Crippen molar-refractivity contribution >= 4 is 0 Å². The summed E-state index contributed by atoms with van der Waals surface area (Å²) >= 11 is 0. The first kappa shape index (κ1) is 25.4. The molecule has 0 aliphatic heterocycles. The van der Waals surface area contributed by atoms with Crippen molar-refractivity contribution in [1.82, 2.24) is 0 Å². The fourth-order valence-corrected chi connectivity index (χ4v) is 2.68. The summed E-state index contributed by atoms with van der Waals surface area (Å²) in [5, 5.41) is 0. The van der Waals surface area contributed by atoms with Crippen molar-refractivity contribution in [3.8, 4) is 0 Å². The lowest BCUT2D eigenvalue weighted by molar-refractivity contribution is 0.929. The van der Waals surface area contributed by atoms with Crippen molar-refractivity contribution in [3.05, 3.63) is 71.4 Å². The molecule has 0 aromatic carbocycles. The van der Waals surface area contributed by atoms with Crippen LogP contribution in [0.2, 0.25) is 0 Å². The molecule has 0 N–H and O–H groups in total. The summed E-state index contributed by atoms with van der Waals surface area (Å²) in [5.74, 6) is 0. The fourth-order valence-electron chi connectivity index (χ4n) is 2.68. The summed E-state index contributed by atoms with van der Waals surface area (Å²) in [5.41, 5.74) is 4.36. The highest BCUT2D eigenvalue weighted by Gasteiger charge is 1.88. The molecule has 0 fully saturated rings. The molecular weight excluding hydrogens is 324 g/mol. The quantitative estimate of drug-likeness (QED) is 0.199. The van der Waals surface area contributed by atoms with E-state index < -0.39 is 0 Å². The molecule has 0 amide bonds. The number of unbranched alkanes of at least 4 members (excludes halogenated alkanes) is 4. The van der Waals surface area contributed by atoms with Gasteiger partial charge in [0, 0.05) is 0 Å². The predicted octanol–water partition coefficient (Wildman–Crippen LogP) is 9.43. The summed E-state index contributed by atoms with van der Waals surface area (Å²) in [6.07, 6.45) is 32.7.